The molecule has 0 saturated carbocycles. The lowest BCUT2D eigenvalue weighted by Gasteiger charge is -2.10. The third kappa shape index (κ3) is 2.68. The molecule has 1 aromatic rings. The van der Waals surface area contributed by atoms with E-state index in [2.05, 4.69) is 0 Å². The van der Waals surface area contributed by atoms with E-state index in [9.17, 15) is 15.2 Å². The Bertz CT molecular complexity index is 381. The lowest BCUT2D eigenvalue weighted by Crippen LogP contribution is -2.08. The maximum Gasteiger partial charge on any atom is 0.278 e. The molecular formula is C10H14N2O4. The molecule has 0 amide bonds. The molecule has 1 rings (SSSR count). The zero-order chi connectivity index (χ0) is 12.1. The number of methoxy groups -OCH3 is 1. The summed E-state index contributed by atoms with van der Waals surface area (Å²) in [5.41, 5.74) is 5.40. The number of aliphatic hydroxyl groups excluding tert-OH is 1. The van der Waals surface area contributed by atoms with Crippen molar-refractivity contribution in [3.05, 3.63) is 33.9 Å². The van der Waals surface area contributed by atoms with E-state index >= 15 is 0 Å². The van der Waals surface area contributed by atoms with Gasteiger partial charge in [0.25, 0.3) is 5.69 Å². The second-order valence-electron chi connectivity index (χ2n) is 3.28. The summed E-state index contributed by atoms with van der Waals surface area (Å²) in [5.74, 6) is 0.385. The van der Waals surface area contributed by atoms with E-state index in [4.69, 9.17) is 10.5 Å². The molecule has 88 valence electrons. The van der Waals surface area contributed by atoms with E-state index in [1.807, 2.05) is 0 Å². The molecular weight excluding hydrogens is 212 g/mol. The first kappa shape index (κ1) is 12.4. The van der Waals surface area contributed by atoms with Crippen molar-refractivity contribution in [3.8, 4) is 5.75 Å². The molecule has 6 nitrogen and oxygen atoms in total. The van der Waals surface area contributed by atoms with Crippen LogP contribution in [0.5, 0.6) is 5.75 Å². The highest BCUT2D eigenvalue weighted by Gasteiger charge is 2.20. The van der Waals surface area contributed by atoms with Crippen LogP contribution in [0.3, 0.4) is 0 Å². The van der Waals surface area contributed by atoms with Crippen LogP contribution < -0.4 is 10.5 Å². The van der Waals surface area contributed by atoms with Crippen molar-refractivity contribution >= 4 is 5.69 Å². The van der Waals surface area contributed by atoms with Crippen molar-refractivity contribution in [3.63, 3.8) is 0 Å². The molecule has 0 saturated heterocycles. The molecule has 0 heterocycles. The normalized spacial score (nSPS) is 12.2. The van der Waals surface area contributed by atoms with Gasteiger partial charge in [-0.05, 0) is 25.1 Å². The van der Waals surface area contributed by atoms with Crippen molar-refractivity contribution in [2.24, 2.45) is 5.73 Å². The molecule has 0 fully saturated rings. The third-order valence-corrected chi connectivity index (χ3v) is 2.23. The number of benzene rings is 1. The van der Waals surface area contributed by atoms with Crippen molar-refractivity contribution in [1.82, 2.24) is 0 Å². The SMILES string of the molecule is COc1ccc([C@@H](O)CCN)c([N+](=O)[O-])c1. The first-order chi connectivity index (χ1) is 7.60. The molecule has 0 unspecified atom stereocenters. The maximum absolute atomic E-state index is 10.8. The second-order valence-corrected chi connectivity index (χ2v) is 3.28. The number of hydrogen-bond acceptors (Lipinski definition) is 5. The monoisotopic (exact) mass is 226 g/mol. The van der Waals surface area contributed by atoms with Crippen LogP contribution in [0.15, 0.2) is 18.2 Å². The Morgan fingerprint density at radius 3 is 2.81 bits per heavy atom. The van der Waals surface area contributed by atoms with Crippen molar-refractivity contribution in [1.29, 1.82) is 0 Å². The Morgan fingerprint density at radius 2 is 2.31 bits per heavy atom. The standard InChI is InChI=1S/C10H14N2O4/c1-16-7-2-3-8(10(13)4-5-11)9(6-7)12(14)15/h2-3,6,10,13H,4-5,11H2,1H3/t10-/m0/s1. The molecule has 0 aliphatic heterocycles. The highest BCUT2D eigenvalue weighted by molar-refractivity contribution is 5.47. The number of nitro benzene ring substituents is 1. The van der Waals surface area contributed by atoms with Gasteiger partial charge in [0.1, 0.15) is 5.75 Å². The maximum atomic E-state index is 10.8. The van der Waals surface area contributed by atoms with Gasteiger partial charge < -0.3 is 15.6 Å². The molecule has 0 bridgehead atoms. The third-order valence-electron chi connectivity index (χ3n) is 2.23. The zero-order valence-electron chi connectivity index (χ0n) is 8.92. The molecule has 3 N–H and O–H groups in total. The molecule has 0 radical (unpaired) electrons. The quantitative estimate of drug-likeness (QED) is 0.576. The fourth-order valence-electron chi connectivity index (χ4n) is 1.40. The minimum absolute atomic E-state index is 0.152. The van der Waals surface area contributed by atoms with Gasteiger partial charge in [0.05, 0.1) is 29.8 Å². The fourth-order valence-corrected chi connectivity index (χ4v) is 1.40. The minimum atomic E-state index is -0.920. The van der Waals surface area contributed by atoms with Crippen LogP contribution in [0.1, 0.15) is 18.1 Å². The Balaban J connectivity index is 3.12. The first-order valence-corrected chi connectivity index (χ1v) is 4.80. The van der Waals surface area contributed by atoms with E-state index in [0.717, 1.165) is 0 Å². The Kier molecular flexibility index (Phi) is 4.21. The van der Waals surface area contributed by atoms with Gasteiger partial charge in [-0.25, -0.2) is 0 Å². The number of nitro groups is 1. The summed E-state index contributed by atoms with van der Waals surface area (Å²) < 4.78 is 4.89. The number of nitrogens with two attached hydrogens (primary N) is 1. The van der Waals surface area contributed by atoms with Gasteiger partial charge in [0.15, 0.2) is 0 Å². The van der Waals surface area contributed by atoms with Gasteiger partial charge in [0.2, 0.25) is 0 Å². The molecule has 1 aromatic carbocycles. The van der Waals surface area contributed by atoms with E-state index < -0.39 is 11.0 Å². The van der Waals surface area contributed by atoms with Crippen molar-refractivity contribution < 1.29 is 14.8 Å². The Labute approximate surface area is 92.8 Å². The highest BCUT2D eigenvalue weighted by Crippen LogP contribution is 2.30. The number of ether oxygens (including phenoxy) is 1. The number of hydrogen-bond donors (Lipinski definition) is 2. The van der Waals surface area contributed by atoms with Gasteiger partial charge in [-0.3, -0.25) is 10.1 Å². The molecule has 0 spiro atoms. The average Bonchev–Trinajstić information content (AvgIpc) is 2.28. The molecule has 1 atom stereocenters. The lowest BCUT2D eigenvalue weighted by molar-refractivity contribution is -0.386. The Morgan fingerprint density at radius 1 is 1.62 bits per heavy atom. The smallest absolute Gasteiger partial charge is 0.278 e. The van der Waals surface area contributed by atoms with Crippen LogP contribution in [0.2, 0.25) is 0 Å². The van der Waals surface area contributed by atoms with E-state index in [1.165, 1.54) is 19.2 Å². The van der Waals surface area contributed by atoms with Gasteiger partial charge in [-0.15, -0.1) is 0 Å². The summed E-state index contributed by atoms with van der Waals surface area (Å²) in [7, 11) is 1.43. The van der Waals surface area contributed by atoms with Gasteiger partial charge in [-0.2, -0.15) is 0 Å². The number of nitrogens with zero attached hydrogens (tertiary/aromatic N) is 1. The molecule has 0 aromatic heterocycles. The van der Waals surface area contributed by atoms with Crippen molar-refractivity contribution in [2.75, 3.05) is 13.7 Å². The van der Waals surface area contributed by atoms with E-state index in [1.54, 1.807) is 6.07 Å². The molecule has 0 aliphatic carbocycles. The zero-order valence-corrected chi connectivity index (χ0v) is 8.92. The topological polar surface area (TPSA) is 98.6 Å². The van der Waals surface area contributed by atoms with Crippen LogP contribution in [0.4, 0.5) is 5.69 Å². The molecule has 6 heteroatoms. The van der Waals surface area contributed by atoms with Crippen molar-refractivity contribution in [2.45, 2.75) is 12.5 Å². The second kappa shape index (κ2) is 5.43. The summed E-state index contributed by atoms with van der Waals surface area (Å²) in [4.78, 5) is 10.3. The van der Waals surface area contributed by atoms with E-state index in [0.29, 0.717) is 5.75 Å². The highest BCUT2D eigenvalue weighted by atomic mass is 16.6. The summed E-state index contributed by atoms with van der Waals surface area (Å²) in [6.45, 7) is 0.268. The minimum Gasteiger partial charge on any atom is -0.497 e. The number of aliphatic hydroxyl groups is 1. The largest absolute Gasteiger partial charge is 0.497 e. The lowest BCUT2D eigenvalue weighted by atomic mass is 10.0. The molecule has 16 heavy (non-hydrogen) atoms. The van der Waals surface area contributed by atoms with Crippen LogP contribution in [-0.4, -0.2) is 23.7 Å². The number of rotatable bonds is 5. The van der Waals surface area contributed by atoms with Gasteiger partial charge in [0, 0.05) is 0 Å². The van der Waals surface area contributed by atoms with Crippen LogP contribution >= 0.6 is 0 Å². The summed E-state index contributed by atoms with van der Waals surface area (Å²) in [5, 5.41) is 20.5. The predicted octanol–water partition coefficient (Wildman–Crippen LogP) is 0.986. The fraction of sp³-hybridized carbons (Fsp3) is 0.400. The van der Waals surface area contributed by atoms with E-state index in [-0.39, 0.29) is 24.2 Å². The van der Waals surface area contributed by atoms with Crippen LogP contribution in [0, 0.1) is 10.1 Å². The first-order valence-electron chi connectivity index (χ1n) is 4.80. The van der Waals surface area contributed by atoms with Gasteiger partial charge in [-0.1, -0.05) is 0 Å². The predicted molar refractivity (Wildman–Crippen MR) is 58.3 cm³/mol. The molecule has 0 aliphatic rings. The summed E-state index contributed by atoms with van der Waals surface area (Å²) in [6, 6.07) is 4.34. The summed E-state index contributed by atoms with van der Waals surface area (Å²) in [6.07, 6.45) is -0.635. The Hall–Kier alpha value is -1.66. The van der Waals surface area contributed by atoms with Crippen LogP contribution in [0.25, 0.3) is 0 Å². The van der Waals surface area contributed by atoms with Crippen LogP contribution in [-0.2, 0) is 0 Å². The summed E-state index contributed by atoms with van der Waals surface area (Å²) >= 11 is 0. The van der Waals surface area contributed by atoms with Gasteiger partial charge >= 0.3 is 0 Å². The average molecular weight is 226 g/mol.